The molecule has 1 aliphatic rings. The third-order valence-electron chi connectivity index (χ3n) is 1.77. The van der Waals surface area contributed by atoms with Crippen LogP contribution in [0.5, 0.6) is 0 Å². The van der Waals surface area contributed by atoms with Crippen molar-refractivity contribution in [2.24, 2.45) is 11.1 Å². The molecule has 1 rings (SSSR count). The molecule has 10 heavy (non-hydrogen) atoms. The van der Waals surface area contributed by atoms with E-state index < -0.39 is 11.0 Å². The van der Waals surface area contributed by atoms with E-state index in [2.05, 4.69) is 6.92 Å². The van der Waals surface area contributed by atoms with Gasteiger partial charge in [-0.2, -0.15) is 4.31 Å². The third-order valence-corrected chi connectivity index (χ3v) is 2.86. The number of nitrogens with zero attached hydrogens (tertiary/aromatic N) is 1. The zero-order chi connectivity index (χ0) is 7.78. The van der Waals surface area contributed by atoms with Gasteiger partial charge in [0.05, 0.1) is 0 Å². The molecule has 0 aromatic carbocycles. The number of hydrogen-bond acceptors (Lipinski definition) is 4. The summed E-state index contributed by atoms with van der Waals surface area (Å²) in [7, 11) is -2.90. The minimum atomic E-state index is -2.90. The van der Waals surface area contributed by atoms with Gasteiger partial charge in [0.2, 0.25) is 0 Å². The first-order valence-corrected chi connectivity index (χ1v) is 4.88. The molecule has 0 bridgehead atoms. The molecule has 1 unspecified atom stereocenters. The standard InChI is InChI=1S/C5H14N2O2S/c1-5-2-3-7(4-5)10(6,8)9/h5,8-9H,2-4,6H2,1H3. The fourth-order valence-corrected chi connectivity index (χ4v) is 1.99. The van der Waals surface area contributed by atoms with E-state index in [1.165, 1.54) is 4.31 Å². The van der Waals surface area contributed by atoms with Gasteiger partial charge in [0.25, 0.3) is 0 Å². The Bertz CT molecular complexity index is 125. The highest BCUT2D eigenvalue weighted by molar-refractivity contribution is 8.20. The quantitative estimate of drug-likeness (QED) is 0.540. The van der Waals surface area contributed by atoms with Gasteiger partial charge in [-0.25, -0.2) is 5.14 Å². The summed E-state index contributed by atoms with van der Waals surface area (Å²) in [6, 6.07) is 0. The summed E-state index contributed by atoms with van der Waals surface area (Å²) in [6.45, 7) is 3.49. The zero-order valence-electron chi connectivity index (χ0n) is 6.03. The maximum Gasteiger partial charge on any atom is 0.0217 e. The highest BCUT2D eigenvalue weighted by atomic mass is 32.3. The average molecular weight is 166 g/mol. The van der Waals surface area contributed by atoms with Crippen molar-refractivity contribution in [3.8, 4) is 0 Å². The minimum Gasteiger partial charge on any atom is -0.273 e. The molecule has 5 heteroatoms. The second-order valence-electron chi connectivity index (χ2n) is 2.84. The van der Waals surface area contributed by atoms with Crippen LogP contribution < -0.4 is 5.14 Å². The molecule has 0 spiro atoms. The fraction of sp³-hybridized carbons (Fsp3) is 1.00. The molecule has 4 N–H and O–H groups in total. The van der Waals surface area contributed by atoms with Crippen LogP contribution >= 0.6 is 11.0 Å². The van der Waals surface area contributed by atoms with E-state index in [0.29, 0.717) is 19.0 Å². The zero-order valence-corrected chi connectivity index (χ0v) is 6.84. The third kappa shape index (κ3) is 1.83. The maximum atomic E-state index is 8.98. The predicted octanol–water partition coefficient (Wildman–Crippen LogP) is 0.868. The molecule has 1 aliphatic heterocycles. The highest BCUT2D eigenvalue weighted by Crippen LogP contribution is 2.38. The van der Waals surface area contributed by atoms with Crippen molar-refractivity contribution in [3.63, 3.8) is 0 Å². The van der Waals surface area contributed by atoms with Crippen LogP contribution in [0, 0.1) is 5.92 Å². The van der Waals surface area contributed by atoms with Crippen LogP contribution in [0.2, 0.25) is 0 Å². The number of rotatable bonds is 1. The Kier molecular flexibility index (Phi) is 2.21. The summed E-state index contributed by atoms with van der Waals surface area (Å²) >= 11 is 0. The van der Waals surface area contributed by atoms with Gasteiger partial charge >= 0.3 is 0 Å². The van der Waals surface area contributed by atoms with Crippen molar-refractivity contribution in [3.05, 3.63) is 0 Å². The molecule has 0 aromatic rings. The van der Waals surface area contributed by atoms with Crippen LogP contribution in [0.15, 0.2) is 0 Å². The van der Waals surface area contributed by atoms with Crippen LogP contribution in [-0.4, -0.2) is 26.5 Å². The van der Waals surface area contributed by atoms with E-state index in [1.807, 2.05) is 0 Å². The van der Waals surface area contributed by atoms with E-state index in [0.717, 1.165) is 6.42 Å². The Morgan fingerprint density at radius 2 is 2.20 bits per heavy atom. The molecule has 1 fully saturated rings. The van der Waals surface area contributed by atoms with Crippen LogP contribution in [0.4, 0.5) is 0 Å². The molecule has 1 saturated heterocycles. The summed E-state index contributed by atoms with van der Waals surface area (Å²) in [4.78, 5) is 0. The lowest BCUT2D eigenvalue weighted by molar-refractivity contribution is 0.381. The second-order valence-corrected chi connectivity index (χ2v) is 4.48. The van der Waals surface area contributed by atoms with E-state index >= 15 is 0 Å². The van der Waals surface area contributed by atoms with Gasteiger partial charge < -0.3 is 0 Å². The molecule has 0 saturated carbocycles. The summed E-state index contributed by atoms with van der Waals surface area (Å²) in [5.41, 5.74) is 0. The van der Waals surface area contributed by atoms with Gasteiger partial charge in [0.1, 0.15) is 0 Å². The monoisotopic (exact) mass is 166 g/mol. The lowest BCUT2D eigenvalue weighted by Gasteiger charge is -2.35. The van der Waals surface area contributed by atoms with E-state index in [4.69, 9.17) is 14.2 Å². The first-order chi connectivity index (χ1) is 4.50. The Balaban J connectivity index is 2.45. The van der Waals surface area contributed by atoms with Crippen LogP contribution in [0.3, 0.4) is 0 Å². The Hall–Kier alpha value is 0.190. The van der Waals surface area contributed by atoms with E-state index in [9.17, 15) is 0 Å². The van der Waals surface area contributed by atoms with Gasteiger partial charge in [-0.15, -0.1) is 0 Å². The predicted molar refractivity (Wildman–Crippen MR) is 42.4 cm³/mol. The molecule has 62 valence electrons. The van der Waals surface area contributed by atoms with Crippen molar-refractivity contribution < 1.29 is 9.11 Å². The fourth-order valence-electron chi connectivity index (χ4n) is 1.14. The summed E-state index contributed by atoms with van der Waals surface area (Å²) in [6.07, 6.45) is 1.01. The van der Waals surface area contributed by atoms with Crippen molar-refractivity contribution in [2.75, 3.05) is 13.1 Å². The van der Waals surface area contributed by atoms with E-state index in [1.54, 1.807) is 0 Å². The summed E-state index contributed by atoms with van der Waals surface area (Å²) in [5, 5.41) is 5.12. The molecular weight excluding hydrogens is 152 g/mol. The van der Waals surface area contributed by atoms with Crippen LogP contribution in [-0.2, 0) is 0 Å². The largest absolute Gasteiger partial charge is 0.273 e. The topological polar surface area (TPSA) is 69.7 Å². The van der Waals surface area contributed by atoms with Crippen molar-refractivity contribution in [1.29, 1.82) is 0 Å². The maximum absolute atomic E-state index is 8.98. The van der Waals surface area contributed by atoms with Crippen molar-refractivity contribution in [1.82, 2.24) is 4.31 Å². The number of hydrogen-bond donors (Lipinski definition) is 3. The van der Waals surface area contributed by atoms with Crippen LogP contribution in [0.1, 0.15) is 13.3 Å². The summed E-state index contributed by atoms with van der Waals surface area (Å²) in [5.74, 6) is 0.537. The lowest BCUT2D eigenvalue weighted by Crippen LogP contribution is -2.30. The van der Waals surface area contributed by atoms with Crippen molar-refractivity contribution >= 4 is 11.0 Å². The average Bonchev–Trinajstić information content (AvgIpc) is 2.11. The molecule has 1 heterocycles. The molecule has 4 nitrogen and oxygen atoms in total. The van der Waals surface area contributed by atoms with Crippen LogP contribution in [0.25, 0.3) is 0 Å². The molecule has 0 aromatic heterocycles. The lowest BCUT2D eigenvalue weighted by atomic mass is 10.2. The molecule has 1 atom stereocenters. The van der Waals surface area contributed by atoms with Gasteiger partial charge in [0.15, 0.2) is 0 Å². The minimum absolute atomic E-state index is 0.537. The molecule has 0 amide bonds. The molecule has 0 aliphatic carbocycles. The smallest absolute Gasteiger partial charge is 0.0217 e. The SMILES string of the molecule is CC1CCN(S(N)(O)O)C1. The Morgan fingerprint density at radius 3 is 2.40 bits per heavy atom. The number of nitrogens with two attached hydrogens (primary N) is 1. The Labute approximate surface area is 62.6 Å². The normalized spacial score (nSPS) is 31.0. The van der Waals surface area contributed by atoms with Gasteiger partial charge in [-0.3, -0.25) is 9.11 Å². The highest BCUT2D eigenvalue weighted by Gasteiger charge is 2.26. The first-order valence-electron chi connectivity index (χ1n) is 3.31. The van der Waals surface area contributed by atoms with Crippen molar-refractivity contribution in [2.45, 2.75) is 13.3 Å². The molecular formula is C5H14N2O2S. The second kappa shape index (κ2) is 2.67. The van der Waals surface area contributed by atoms with Gasteiger partial charge in [0, 0.05) is 13.1 Å². The van der Waals surface area contributed by atoms with E-state index in [-0.39, 0.29) is 0 Å². The molecule has 0 radical (unpaired) electrons. The van der Waals surface area contributed by atoms with Gasteiger partial charge in [-0.1, -0.05) is 17.9 Å². The first kappa shape index (κ1) is 8.29. The van der Waals surface area contributed by atoms with Gasteiger partial charge in [-0.05, 0) is 12.3 Å². The Morgan fingerprint density at radius 1 is 1.60 bits per heavy atom. The summed E-state index contributed by atoms with van der Waals surface area (Å²) < 4.78 is 19.5.